The van der Waals surface area contributed by atoms with Gasteiger partial charge in [0.25, 0.3) is 0 Å². The lowest BCUT2D eigenvalue weighted by Crippen LogP contribution is -2.60. The third kappa shape index (κ3) is 4.67. The Morgan fingerprint density at radius 2 is 1.71 bits per heavy atom. The molecule has 0 aromatic heterocycles. The summed E-state index contributed by atoms with van der Waals surface area (Å²) in [7, 11) is 0. The molecule has 1 N–H and O–H groups in total. The van der Waals surface area contributed by atoms with E-state index in [9.17, 15) is 22.4 Å². The summed E-state index contributed by atoms with van der Waals surface area (Å²) in [6.45, 7) is 1.60. The maximum atomic E-state index is 13.4. The quantitative estimate of drug-likeness (QED) is 0.445. The summed E-state index contributed by atoms with van der Waals surface area (Å²) in [6.07, 6.45) is -4.32. The van der Waals surface area contributed by atoms with Crippen molar-refractivity contribution >= 4 is 34.6 Å². The van der Waals surface area contributed by atoms with Gasteiger partial charge in [-0.05, 0) is 66.6 Å². The third-order valence-corrected chi connectivity index (χ3v) is 7.00. The summed E-state index contributed by atoms with van der Waals surface area (Å²) in [5, 5.41) is 3.41. The van der Waals surface area contributed by atoms with Crippen LogP contribution in [0.4, 0.5) is 34.6 Å². The lowest BCUT2D eigenvalue weighted by molar-refractivity contribution is -0.137. The Morgan fingerprint density at radius 3 is 2.43 bits per heavy atom. The maximum absolute atomic E-state index is 13.4. The number of piperazine rings is 1. The number of fused-ring (bicyclic) bond motifs is 3. The number of amides is 1. The van der Waals surface area contributed by atoms with E-state index in [4.69, 9.17) is 11.6 Å². The van der Waals surface area contributed by atoms with Crippen molar-refractivity contribution in [3.8, 4) is 0 Å². The van der Waals surface area contributed by atoms with Crippen LogP contribution in [0.5, 0.6) is 0 Å². The number of halogens is 5. The average molecular weight is 504 g/mol. The zero-order chi connectivity index (χ0) is 24.7. The van der Waals surface area contributed by atoms with E-state index in [1.807, 2.05) is 23.1 Å². The van der Waals surface area contributed by atoms with Gasteiger partial charge in [0.2, 0.25) is 5.91 Å². The number of benzene rings is 3. The van der Waals surface area contributed by atoms with Gasteiger partial charge < -0.3 is 15.1 Å². The van der Waals surface area contributed by atoms with E-state index in [-0.39, 0.29) is 18.4 Å². The average Bonchev–Trinajstić information content (AvgIpc) is 2.84. The standard InChI is InChI=1S/C26H22ClF4N3O/c27-21-3-1-2-4-23(21)33-11-12-34-22-10-5-17(26(29,30)31)13-16(22)14-20(24(34)15-33)25(35)32-19-8-6-18(28)7-9-19/h1-10,13,20,24H,11-12,14-15H2,(H,32,35)/t20-,24-/m0/s1. The molecule has 5 rings (SSSR count). The fourth-order valence-corrected chi connectivity index (χ4v) is 5.25. The molecule has 1 fully saturated rings. The van der Waals surface area contributed by atoms with Gasteiger partial charge in [-0.1, -0.05) is 23.7 Å². The molecule has 0 aliphatic carbocycles. The van der Waals surface area contributed by atoms with E-state index in [0.717, 1.165) is 17.8 Å². The van der Waals surface area contributed by atoms with E-state index in [1.54, 1.807) is 6.07 Å². The highest BCUT2D eigenvalue weighted by atomic mass is 35.5. The highest BCUT2D eigenvalue weighted by Crippen LogP contribution is 2.41. The Labute approximate surface area is 205 Å². The number of nitrogens with one attached hydrogen (secondary N) is 1. The van der Waals surface area contributed by atoms with Crippen LogP contribution in [-0.2, 0) is 17.4 Å². The molecule has 0 unspecified atom stereocenters. The number of hydrogen-bond donors (Lipinski definition) is 1. The van der Waals surface area contributed by atoms with Crippen LogP contribution in [0.1, 0.15) is 11.1 Å². The van der Waals surface area contributed by atoms with Crippen LogP contribution in [0.3, 0.4) is 0 Å². The second kappa shape index (κ2) is 9.07. The molecular weight excluding hydrogens is 482 g/mol. The zero-order valence-corrected chi connectivity index (χ0v) is 19.3. The van der Waals surface area contributed by atoms with Gasteiger partial charge >= 0.3 is 6.18 Å². The normalized spacial score (nSPS) is 19.7. The van der Waals surface area contributed by atoms with Gasteiger partial charge in [0.05, 0.1) is 28.2 Å². The van der Waals surface area contributed by atoms with Crippen LogP contribution in [0, 0.1) is 11.7 Å². The highest BCUT2D eigenvalue weighted by molar-refractivity contribution is 6.33. The van der Waals surface area contributed by atoms with Crippen molar-refractivity contribution in [1.29, 1.82) is 0 Å². The van der Waals surface area contributed by atoms with Gasteiger partial charge in [-0.15, -0.1) is 0 Å². The van der Waals surface area contributed by atoms with Gasteiger partial charge in [-0.25, -0.2) is 4.39 Å². The molecule has 1 amide bonds. The Hall–Kier alpha value is -3.26. The minimum Gasteiger partial charge on any atom is -0.366 e. The number of rotatable bonds is 3. The van der Waals surface area contributed by atoms with E-state index < -0.39 is 23.5 Å². The topological polar surface area (TPSA) is 35.6 Å². The molecule has 2 heterocycles. The van der Waals surface area contributed by atoms with Crippen molar-refractivity contribution < 1.29 is 22.4 Å². The van der Waals surface area contributed by atoms with Crippen LogP contribution >= 0.6 is 11.6 Å². The molecule has 3 aromatic carbocycles. The van der Waals surface area contributed by atoms with Gasteiger partial charge in [-0.2, -0.15) is 13.2 Å². The first kappa shape index (κ1) is 23.5. The van der Waals surface area contributed by atoms with Crippen LogP contribution in [0.15, 0.2) is 66.7 Å². The Bertz CT molecular complexity index is 1250. The van der Waals surface area contributed by atoms with E-state index in [1.165, 1.54) is 30.3 Å². The van der Waals surface area contributed by atoms with Gasteiger partial charge in [0, 0.05) is 31.0 Å². The molecule has 35 heavy (non-hydrogen) atoms. The molecule has 2 atom stereocenters. The van der Waals surface area contributed by atoms with Crippen molar-refractivity contribution in [2.24, 2.45) is 5.92 Å². The molecule has 0 spiro atoms. The summed E-state index contributed by atoms with van der Waals surface area (Å²) in [4.78, 5) is 17.5. The number of carbonyl (C=O) groups excluding carboxylic acids is 1. The van der Waals surface area contributed by atoms with Crippen molar-refractivity contribution in [2.45, 2.75) is 18.6 Å². The molecule has 1 saturated heterocycles. The minimum absolute atomic E-state index is 0.157. The number of hydrogen-bond acceptors (Lipinski definition) is 3. The molecular formula is C26H22ClF4N3O. The zero-order valence-electron chi connectivity index (χ0n) is 18.5. The maximum Gasteiger partial charge on any atom is 0.416 e. The first-order valence-electron chi connectivity index (χ1n) is 11.2. The number of nitrogens with zero attached hydrogens (tertiary/aromatic N) is 2. The molecule has 182 valence electrons. The summed E-state index contributed by atoms with van der Waals surface area (Å²) >= 11 is 6.42. The summed E-state index contributed by atoms with van der Waals surface area (Å²) < 4.78 is 53.5. The third-order valence-electron chi connectivity index (χ3n) is 6.68. The molecule has 4 nitrogen and oxygen atoms in total. The monoisotopic (exact) mass is 503 g/mol. The Balaban J connectivity index is 1.49. The van der Waals surface area contributed by atoms with Crippen molar-refractivity contribution in [1.82, 2.24) is 0 Å². The summed E-state index contributed by atoms with van der Waals surface area (Å²) in [6, 6.07) is 16.3. The fourth-order valence-electron chi connectivity index (χ4n) is 4.99. The predicted octanol–water partition coefficient (Wildman–Crippen LogP) is 6.00. The van der Waals surface area contributed by atoms with Gasteiger partial charge in [0.1, 0.15) is 5.82 Å². The number of para-hydroxylation sites is 1. The second-order valence-electron chi connectivity index (χ2n) is 8.81. The Morgan fingerprint density at radius 1 is 0.971 bits per heavy atom. The highest BCUT2D eigenvalue weighted by Gasteiger charge is 2.43. The molecule has 3 aromatic rings. The molecule has 2 aliphatic rings. The van der Waals surface area contributed by atoms with Crippen molar-refractivity contribution in [3.05, 3.63) is 88.7 Å². The van der Waals surface area contributed by atoms with Crippen LogP contribution < -0.4 is 15.1 Å². The molecule has 0 radical (unpaired) electrons. The SMILES string of the molecule is O=C(Nc1ccc(F)cc1)[C@H]1Cc2cc(C(F)(F)F)ccc2N2CCN(c3ccccc3Cl)C[C@@H]12. The first-order valence-corrected chi connectivity index (χ1v) is 11.6. The summed E-state index contributed by atoms with van der Waals surface area (Å²) in [5.41, 5.74) is 1.75. The molecule has 9 heteroatoms. The van der Waals surface area contributed by atoms with Gasteiger partial charge in [-0.3, -0.25) is 4.79 Å². The van der Waals surface area contributed by atoms with Crippen LogP contribution in [0.2, 0.25) is 5.02 Å². The smallest absolute Gasteiger partial charge is 0.366 e. The van der Waals surface area contributed by atoms with E-state index in [0.29, 0.717) is 41.6 Å². The largest absolute Gasteiger partial charge is 0.416 e. The first-order chi connectivity index (χ1) is 16.7. The Kier molecular flexibility index (Phi) is 6.09. The van der Waals surface area contributed by atoms with Crippen molar-refractivity contribution in [2.75, 3.05) is 34.8 Å². The van der Waals surface area contributed by atoms with Gasteiger partial charge in [0.15, 0.2) is 0 Å². The lowest BCUT2D eigenvalue weighted by Gasteiger charge is -2.49. The molecule has 2 aliphatic heterocycles. The van der Waals surface area contributed by atoms with E-state index >= 15 is 0 Å². The lowest BCUT2D eigenvalue weighted by atomic mass is 9.82. The van der Waals surface area contributed by atoms with Crippen molar-refractivity contribution in [3.63, 3.8) is 0 Å². The minimum atomic E-state index is -4.47. The summed E-state index contributed by atoms with van der Waals surface area (Å²) in [5.74, 6) is -1.37. The molecule has 0 saturated carbocycles. The van der Waals surface area contributed by atoms with E-state index in [2.05, 4.69) is 10.2 Å². The second-order valence-corrected chi connectivity index (χ2v) is 9.21. The molecule has 0 bridgehead atoms. The fraction of sp³-hybridized carbons (Fsp3) is 0.269. The number of anilines is 3. The number of alkyl halides is 3. The van der Waals surface area contributed by atoms with Crippen LogP contribution in [0.25, 0.3) is 0 Å². The number of carbonyl (C=O) groups is 1. The van der Waals surface area contributed by atoms with Crippen LogP contribution in [-0.4, -0.2) is 31.6 Å². The predicted molar refractivity (Wildman–Crippen MR) is 128 cm³/mol.